The lowest BCUT2D eigenvalue weighted by molar-refractivity contribution is -0.143. The highest BCUT2D eigenvalue weighted by Gasteiger charge is 2.50. The second kappa shape index (κ2) is 4.28. The summed E-state index contributed by atoms with van der Waals surface area (Å²) in [7, 11) is 0. The highest BCUT2D eigenvalue weighted by molar-refractivity contribution is 5.76. The van der Waals surface area contributed by atoms with Crippen LogP contribution in [0.3, 0.4) is 0 Å². The van der Waals surface area contributed by atoms with E-state index in [1.54, 1.807) is 32.9 Å². The molecule has 6 nitrogen and oxygen atoms in total. The molecule has 0 aromatic carbocycles. The quantitative estimate of drug-likeness (QED) is 0.717. The van der Waals surface area contributed by atoms with Gasteiger partial charge in [-0.3, -0.25) is 4.79 Å². The van der Waals surface area contributed by atoms with Gasteiger partial charge in [-0.15, -0.1) is 0 Å². The van der Waals surface area contributed by atoms with Crippen molar-refractivity contribution in [1.82, 2.24) is 5.32 Å². The molecule has 0 saturated carbocycles. The highest BCUT2D eigenvalue weighted by atomic mass is 16.6. The normalized spacial score (nSPS) is 33.5. The van der Waals surface area contributed by atoms with E-state index in [0.29, 0.717) is 0 Å². The summed E-state index contributed by atoms with van der Waals surface area (Å²) in [5.74, 6) is -1.74. The number of alkyl carbamates (subject to hydrolysis) is 1. The van der Waals surface area contributed by atoms with E-state index in [-0.39, 0.29) is 6.10 Å². The third-order valence-electron chi connectivity index (χ3n) is 2.87. The summed E-state index contributed by atoms with van der Waals surface area (Å²) in [6.07, 6.45) is 2.02. The third kappa shape index (κ3) is 2.48. The summed E-state index contributed by atoms with van der Waals surface area (Å²) in [6, 6.07) is -0.577. The van der Waals surface area contributed by atoms with E-state index in [9.17, 15) is 9.59 Å². The highest BCUT2D eigenvalue weighted by Crippen LogP contribution is 2.34. The second-order valence-corrected chi connectivity index (χ2v) is 5.49. The first-order chi connectivity index (χ1) is 8.28. The van der Waals surface area contributed by atoms with E-state index in [1.807, 2.05) is 0 Å². The summed E-state index contributed by atoms with van der Waals surface area (Å²) in [6.45, 7) is 5.25. The van der Waals surface area contributed by atoms with Gasteiger partial charge >= 0.3 is 12.1 Å². The van der Waals surface area contributed by atoms with Crippen LogP contribution in [-0.4, -0.2) is 41.0 Å². The van der Waals surface area contributed by atoms with E-state index >= 15 is 0 Å². The predicted octanol–water partition coefficient (Wildman–Crippen LogP) is 0.918. The number of carboxylic acid groups (broad SMARTS) is 1. The SMILES string of the molecule is CC(C)(C)OC(=O)N[C@@H]1[C@@H](C(=O)O)[C@@H]2C=C[C@@H]1O2. The minimum atomic E-state index is -0.979. The number of carbonyl (C=O) groups excluding carboxylic acids is 1. The maximum absolute atomic E-state index is 11.7. The van der Waals surface area contributed by atoms with Crippen LogP contribution in [0.4, 0.5) is 4.79 Å². The van der Waals surface area contributed by atoms with Crippen molar-refractivity contribution >= 4 is 12.1 Å². The van der Waals surface area contributed by atoms with Gasteiger partial charge in [-0.05, 0) is 20.8 Å². The van der Waals surface area contributed by atoms with Gasteiger partial charge in [0.2, 0.25) is 0 Å². The fraction of sp³-hybridized carbons (Fsp3) is 0.667. The fourth-order valence-corrected chi connectivity index (χ4v) is 2.22. The van der Waals surface area contributed by atoms with Crippen molar-refractivity contribution in [3.63, 3.8) is 0 Å². The molecule has 0 aliphatic carbocycles. The lowest BCUT2D eigenvalue weighted by Crippen LogP contribution is -2.49. The first-order valence-corrected chi connectivity index (χ1v) is 5.84. The summed E-state index contributed by atoms with van der Waals surface area (Å²) >= 11 is 0. The number of carboxylic acids is 1. The molecule has 0 spiro atoms. The maximum atomic E-state index is 11.7. The molecular formula is C12H17NO5. The van der Waals surface area contributed by atoms with Gasteiger partial charge in [0.1, 0.15) is 11.5 Å². The van der Waals surface area contributed by atoms with E-state index in [0.717, 1.165) is 0 Å². The molecule has 2 heterocycles. The van der Waals surface area contributed by atoms with Crippen LogP contribution in [0, 0.1) is 5.92 Å². The van der Waals surface area contributed by atoms with Crippen molar-refractivity contribution < 1.29 is 24.2 Å². The molecule has 2 N–H and O–H groups in total. The first kappa shape index (κ1) is 12.9. The number of aliphatic carboxylic acids is 1. The Labute approximate surface area is 105 Å². The number of carbonyl (C=O) groups is 2. The molecule has 2 bridgehead atoms. The average Bonchev–Trinajstić information content (AvgIpc) is 2.73. The van der Waals surface area contributed by atoms with Crippen LogP contribution in [-0.2, 0) is 14.3 Å². The van der Waals surface area contributed by atoms with Crippen molar-refractivity contribution in [1.29, 1.82) is 0 Å². The van der Waals surface area contributed by atoms with Crippen LogP contribution in [0.2, 0.25) is 0 Å². The number of ether oxygens (including phenoxy) is 2. The van der Waals surface area contributed by atoms with Crippen molar-refractivity contribution in [2.75, 3.05) is 0 Å². The Balaban J connectivity index is 2.02. The minimum Gasteiger partial charge on any atom is -0.481 e. The monoisotopic (exact) mass is 255 g/mol. The summed E-state index contributed by atoms with van der Waals surface area (Å²) < 4.78 is 10.5. The number of hydrogen-bond acceptors (Lipinski definition) is 4. The molecule has 18 heavy (non-hydrogen) atoms. The molecule has 100 valence electrons. The molecule has 0 aromatic rings. The van der Waals surface area contributed by atoms with Gasteiger partial charge in [-0.1, -0.05) is 12.2 Å². The standard InChI is InChI=1S/C12H17NO5/c1-12(2,3)18-11(16)13-9-7-5-4-6(17-7)8(9)10(14)15/h4-9H,1-3H3,(H,13,16)(H,14,15)/t6-,7-,8-,9-/m0/s1. The number of hydrogen-bond donors (Lipinski definition) is 2. The van der Waals surface area contributed by atoms with Crippen molar-refractivity contribution in [3.05, 3.63) is 12.2 Å². The van der Waals surface area contributed by atoms with Crippen molar-refractivity contribution in [3.8, 4) is 0 Å². The summed E-state index contributed by atoms with van der Waals surface area (Å²) in [5.41, 5.74) is -0.614. The zero-order valence-electron chi connectivity index (χ0n) is 10.5. The van der Waals surface area contributed by atoms with Crippen molar-refractivity contribution in [2.45, 2.75) is 44.6 Å². The Morgan fingerprint density at radius 1 is 1.28 bits per heavy atom. The number of amides is 1. The predicted molar refractivity (Wildman–Crippen MR) is 62.1 cm³/mol. The van der Waals surface area contributed by atoms with Gasteiger partial charge in [0.05, 0.1) is 18.2 Å². The summed E-state index contributed by atoms with van der Waals surface area (Å²) in [4.78, 5) is 22.8. The molecule has 4 atom stereocenters. The zero-order chi connectivity index (χ0) is 13.5. The average molecular weight is 255 g/mol. The number of rotatable bonds is 2. The lowest BCUT2D eigenvalue weighted by atomic mass is 9.89. The lowest BCUT2D eigenvalue weighted by Gasteiger charge is -2.25. The smallest absolute Gasteiger partial charge is 0.407 e. The Morgan fingerprint density at radius 3 is 2.44 bits per heavy atom. The fourth-order valence-electron chi connectivity index (χ4n) is 2.22. The minimum absolute atomic E-state index is 0.386. The topological polar surface area (TPSA) is 84.9 Å². The van der Waals surface area contributed by atoms with Crippen LogP contribution in [0.1, 0.15) is 20.8 Å². The largest absolute Gasteiger partial charge is 0.481 e. The van der Waals surface area contributed by atoms with Gasteiger partial charge in [0.25, 0.3) is 0 Å². The Bertz CT molecular complexity index is 398. The van der Waals surface area contributed by atoms with E-state index in [2.05, 4.69) is 5.32 Å². The van der Waals surface area contributed by atoms with E-state index in [4.69, 9.17) is 14.6 Å². The van der Waals surface area contributed by atoms with Gasteiger partial charge < -0.3 is 19.9 Å². The molecule has 1 saturated heterocycles. The number of nitrogens with one attached hydrogen (secondary N) is 1. The van der Waals surface area contributed by atoms with E-state index < -0.39 is 35.7 Å². The zero-order valence-corrected chi connectivity index (χ0v) is 10.5. The van der Waals surface area contributed by atoms with Gasteiger partial charge in [-0.2, -0.15) is 0 Å². The molecule has 0 radical (unpaired) electrons. The second-order valence-electron chi connectivity index (χ2n) is 5.49. The van der Waals surface area contributed by atoms with Crippen LogP contribution < -0.4 is 5.32 Å². The first-order valence-electron chi connectivity index (χ1n) is 5.84. The van der Waals surface area contributed by atoms with E-state index in [1.165, 1.54) is 0 Å². The molecule has 1 amide bonds. The molecule has 0 unspecified atom stereocenters. The van der Waals surface area contributed by atoms with Crippen LogP contribution in [0.15, 0.2) is 12.2 Å². The molecule has 1 fully saturated rings. The van der Waals surface area contributed by atoms with Crippen LogP contribution in [0.25, 0.3) is 0 Å². The van der Waals surface area contributed by atoms with Gasteiger partial charge in [-0.25, -0.2) is 4.79 Å². The molecule has 2 aliphatic heterocycles. The Kier molecular flexibility index (Phi) is 3.06. The molecule has 0 aromatic heterocycles. The van der Waals surface area contributed by atoms with Crippen LogP contribution >= 0.6 is 0 Å². The van der Waals surface area contributed by atoms with Crippen molar-refractivity contribution in [2.24, 2.45) is 5.92 Å². The molecule has 2 aliphatic rings. The maximum Gasteiger partial charge on any atom is 0.407 e. The Morgan fingerprint density at radius 2 is 1.89 bits per heavy atom. The Hall–Kier alpha value is -1.56. The number of fused-ring (bicyclic) bond motifs is 2. The molecule has 2 rings (SSSR count). The summed E-state index contributed by atoms with van der Waals surface area (Å²) in [5, 5.41) is 11.7. The van der Waals surface area contributed by atoms with Gasteiger partial charge in [0, 0.05) is 0 Å². The third-order valence-corrected chi connectivity index (χ3v) is 2.87. The molecular weight excluding hydrogens is 238 g/mol. The van der Waals surface area contributed by atoms with Gasteiger partial charge in [0.15, 0.2) is 0 Å². The van der Waals surface area contributed by atoms with Crippen LogP contribution in [0.5, 0.6) is 0 Å². The molecule has 6 heteroatoms.